The van der Waals surface area contributed by atoms with Crippen LogP contribution in [0.5, 0.6) is 0 Å². The van der Waals surface area contributed by atoms with Gasteiger partial charge in [0.15, 0.2) is 6.61 Å². The number of nitrogens with zero attached hydrogens (tertiary/aromatic N) is 2. The number of ether oxygens (including phenoxy) is 1. The van der Waals surface area contributed by atoms with Gasteiger partial charge in [-0.05, 0) is 17.7 Å². The lowest BCUT2D eigenvalue weighted by Gasteiger charge is -2.18. The van der Waals surface area contributed by atoms with E-state index in [1.165, 1.54) is 28.8 Å². The number of thioether (sulfide) groups is 1. The van der Waals surface area contributed by atoms with Gasteiger partial charge in [-0.3, -0.25) is 14.4 Å². The van der Waals surface area contributed by atoms with Gasteiger partial charge >= 0.3 is 5.97 Å². The first kappa shape index (κ1) is 18.3. The fourth-order valence-corrected chi connectivity index (χ4v) is 3.03. The lowest BCUT2D eigenvalue weighted by molar-refractivity contribution is -0.151. The number of amides is 2. The second kappa shape index (κ2) is 8.68. The Balaban J connectivity index is 1.69. The molecule has 130 valence electrons. The van der Waals surface area contributed by atoms with Crippen LogP contribution < -0.4 is 0 Å². The van der Waals surface area contributed by atoms with Crippen LogP contribution >= 0.6 is 11.8 Å². The van der Waals surface area contributed by atoms with E-state index in [-0.39, 0.29) is 36.5 Å². The van der Waals surface area contributed by atoms with Crippen molar-refractivity contribution in [3.63, 3.8) is 0 Å². The Kier molecular flexibility index (Phi) is 6.60. The highest BCUT2D eigenvalue weighted by Crippen LogP contribution is 2.17. The van der Waals surface area contributed by atoms with Crippen LogP contribution in [0.3, 0.4) is 0 Å². The first-order chi connectivity index (χ1) is 11.5. The highest BCUT2D eigenvalue weighted by atomic mass is 32.2. The van der Waals surface area contributed by atoms with Crippen LogP contribution in [0.2, 0.25) is 0 Å². The summed E-state index contributed by atoms with van der Waals surface area (Å²) in [6, 6.07) is 5.96. The van der Waals surface area contributed by atoms with E-state index in [9.17, 15) is 18.8 Å². The predicted molar refractivity (Wildman–Crippen MR) is 87.9 cm³/mol. The number of benzene rings is 1. The summed E-state index contributed by atoms with van der Waals surface area (Å²) in [4.78, 5) is 37.9. The Hall–Kier alpha value is -2.09. The Morgan fingerprint density at radius 2 is 2.21 bits per heavy atom. The van der Waals surface area contributed by atoms with Gasteiger partial charge in [0.2, 0.25) is 0 Å². The average Bonchev–Trinajstić information content (AvgIpc) is 2.95. The molecule has 0 bridgehead atoms. The molecular weight excluding hydrogens is 335 g/mol. The van der Waals surface area contributed by atoms with E-state index in [0.717, 1.165) is 5.75 Å². The third kappa shape index (κ3) is 5.52. The van der Waals surface area contributed by atoms with Crippen molar-refractivity contribution in [3.05, 3.63) is 35.6 Å². The number of carbonyl (C=O) groups excluding carboxylic acids is 3. The first-order valence-electron chi connectivity index (χ1n) is 7.51. The molecule has 0 radical (unpaired) electrons. The van der Waals surface area contributed by atoms with Crippen molar-refractivity contribution in [2.24, 2.45) is 0 Å². The van der Waals surface area contributed by atoms with Crippen molar-refractivity contribution >= 4 is 28.9 Å². The van der Waals surface area contributed by atoms with Gasteiger partial charge in [0, 0.05) is 32.4 Å². The molecule has 1 heterocycles. The Morgan fingerprint density at radius 1 is 1.42 bits per heavy atom. The van der Waals surface area contributed by atoms with Gasteiger partial charge in [0.1, 0.15) is 5.82 Å². The standard InChI is InChI=1S/C16H19FN2O4S/c1-18(10-12-3-2-4-13(17)9-12)14(20)11-23-15(21)5-6-19-7-8-24-16(19)22/h2-4,9H,5-8,10-11H2,1H3. The summed E-state index contributed by atoms with van der Waals surface area (Å²) >= 11 is 1.23. The largest absolute Gasteiger partial charge is 0.456 e. The molecule has 2 amide bonds. The van der Waals surface area contributed by atoms with Gasteiger partial charge in [0.25, 0.3) is 11.1 Å². The van der Waals surface area contributed by atoms with E-state index in [1.54, 1.807) is 24.1 Å². The minimum absolute atomic E-state index is 0.0336. The zero-order valence-corrected chi connectivity index (χ0v) is 14.2. The molecule has 8 heteroatoms. The number of hydrogen-bond acceptors (Lipinski definition) is 5. The van der Waals surface area contributed by atoms with E-state index < -0.39 is 5.97 Å². The smallest absolute Gasteiger partial charge is 0.308 e. The molecule has 24 heavy (non-hydrogen) atoms. The van der Waals surface area contributed by atoms with Crippen molar-refractivity contribution in [3.8, 4) is 0 Å². The summed E-state index contributed by atoms with van der Waals surface area (Å²) in [6.45, 7) is 0.797. The van der Waals surface area contributed by atoms with Gasteiger partial charge in [-0.25, -0.2) is 4.39 Å². The quantitative estimate of drug-likeness (QED) is 0.700. The molecule has 2 rings (SSSR count). The number of likely N-dealkylation sites (N-methyl/N-ethyl adjacent to an activating group) is 1. The molecule has 0 N–H and O–H groups in total. The highest BCUT2D eigenvalue weighted by molar-refractivity contribution is 8.13. The minimum Gasteiger partial charge on any atom is -0.456 e. The van der Waals surface area contributed by atoms with Gasteiger partial charge in [-0.15, -0.1) is 0 Å². The summed E-state index contributed by atoms with van der Waals surface area (Å²) in [5, 5.41) is -0.0336. The summed E-state index contributed by atoms with van der Waals surface area (Å²) in [7, 11) is 1.56. The maximum Gasteiger partial charge on any atom is 0.308 e. The van der Waals surface area contributed by atoms with Gasteiger partial charge < -0.3 is 14.5 Å². The topological polar surface area (TPSA) is 66.9 Å². The molecule has 1 fully saturated rings. The molecule has 6 nitrogen and oxygen atoms in total. The van der Waals surface area contributed by atoms with E-state index in [4.69, 9.17) is 4.74 Å². The highest BCUT2D eigenvalue weighted by Gasteiger charge is 2.22. The molecule has 1 saturated heterocycles. The summed E-state index contributed by atoms with van der Waals surface area (Å²) in [5.74, 6) is -0.529. The Labute approximate surface area is 143 Å². The third-order valence-electron chi connectivity index (χ3n) is 3.52. The maximum absolute atomic E-state index is 13.1. The molecule has 0 saturated carbocycles. The summed E-state index contributed by atoms with van der Waals surface area (Å²) < 4.78 is 18.0. The molecule has 0 atom stereocenters. The first-order valence-corrected chi connectivity index (χ1v) is 8.50. The lowest BCUT2D eigenvalue weighted by Crippen LogP contribution is -2.32. The zero-order chi connectivity index (χ0) is 17.5. The molecule has 1 aliphatic rings. The van der Waals surface area contributed by atoms with Crippen molar-refractivity contribution < 1.29 is 23.5 Å². The third-order valence-corrected chi connectivity index (χ3v) is 4.41. The van der Waals surface area contributed by atoms with Gasteiger partial charge in [-0.2, -0.15) is 0 Å². The molecular formula is C16H19FN2O4S. The molecule has 0 aromatic heterocycles. The molecule has 1 aliphatic heterocycles. The molecule has 0 spiro atoms. The van der Waals surface area contributed by atoms with Crippen LogP contribution in [0.15, 0.2) is 24.3 Å². The zero-order valence-electron chi connectivity index (χ0n) is 13.4. The van der Waals surface area contributed by atoms with Crippen LogP contribution in [0, 0.1) is 5.82 Å². The predicted octanol–water partition coefficient (Wildman–Crippen LogP) is 1.89. The van der Waals surface area contributed by atoms with Crippen LogP contribution in [0.4, 0.5) is 9.18 Å². The van der Waals surface area contributed by atoms with Crippen molar-refractivity contribution in [1.82, 2.24) is 9.80 Å². The number of hydrogen-bond donors (Lipinski definition) is 0. The van der Waals surface area contributed by atoms with Crippen LogP contribution in [0.1, 0.15) is 12.0 Å². The fraction of sp³-hybridized carbons (Fsp3) is 0.438. The van der Waals surface area contributed by atoms with E-state index in [1.807, 2.05) is 0 Å². The number of halogens is 1. The fourth-order valence-electron chi connectivity index (χ4n) is 2.18. The Morgan fingerprint density at radius 3 is 2.88 bits per heavy atom. The number of carbonyl (C=O) groups is 3. The molecule has 1 aromatic rings. The van der Waals surface area contributed by atoms with Gasteiger partial charge in [-0.1, -0.05) is 23.9 Å². The van der Waals surface area contributed by atoms with E-state index >= 15 is 0 Å². The number of esters is 1. The molecule has 0 unspecified atom stereocenters. The molecule has 1 aromatic carbocycles. The van der Waals surface area contributed by atoms with Crippen molar-refractivity contribution in [2.45, 2.75) is 13.0 Å². The van der Waals surface area contributed by atoms with Crippen molar-refractivity contribution in [2.75, 3.05) is 32.5 Å². The average molecular weight is 354 g/mol. The van der Waals surface area contributed by atoms with E-state index in [2.05, 4.69) is 0 Å². The SMILES string of the molecule is CN(Cc1cccc(F)c1)C(=O)COC(=O)CCN1CCSC1=O. The summed E-state index contributed by atoms with van der Waals surface area (Å²) in [6.07, 6.45) is 0.0627. The van der Waals surface area contributed by atoms with E-state index in [0.29, 0.717) is 18.7 Å². The lowest BCUT2D eigenvalue weighted by atomic mass is 10.2. The van der Waals surface area contributed by atoms with Crippen molar-refractivity contribution in [1.29, 1.82) is 0 Å². The minimum atomic E-state index is -0.521. The normalized spacial score (nSPS) is 13.9. The molecule has 0 aliphatic carbocycles. The Bertz CT molecular complexity index is 626. The van der Waals surface area contributed by atoms with Crippen LogP contribution in [-0.2, 0) is 20.9 Å². The maximum atomic E-state index is 13.1. The second-order valence-electron chi connectivity index (χ2n) is 5.39. The summed E-state index contributed by atoms with van der Waals surface area (Å²) in [5.41, 5.74) is 0.655. The number of rotatable bonds is 7. The monoisotopic (exact) mass is 354 g/mol. The van der Waals surface area contributed by atoms with Gasteiger partial charge in [0.05, 0.1) is 6.42 Å². The van der Waals surface area contributed by atoms with Crippen LogP contribution in [0.25, 0.3) is 0 Å². The second-order valence-corrected chi connectivity index (χ2v) is 6.44. The van der Waals surface area contributed by atoms with Crippen LogP contribution in [-0.4, -0.2) is 59.4 Å².